The predicted octanol–water partition coefficient (Wildman–Crippen LogP) is 3.12. The third kappa shape index (κ3) is 4.61. The molecule has 0 amide bonds. The van der Waals surface area contributed by atoms with Crippen molar-refractivity contribution in [3.63, 3.8) is 0 Å². The van der Waals surface area contributed by atoms with Gasteiger partial charge in [-0.2, -0.15) is 5.10 Å². The molecule has 10 nitrogen and oxygen atoms in total. The summed E-state index contributed by atoms with van der Waals surface area (Å²) in [6.07, 6.45) is 10.6. The fourth-order valence-electron chi connectivity index (χ4n) is 4.27. The van der Waals surface area contributed by atoms with Gasteiger partial charge in [0.25, 0.3) is 0 Å². The van der Waals surface area contributed by atoms with Crippen molar-refractivity contribution < 1.29 is 5.11 Å². The molecule has 5 heterocycles. The Morgan fingerprint density at radius 2 is 1.91 bits per heavy atom. The van der Waals surface area contributed by atoms with Crippen molar-refractivity contribution in [1.82, 2.24) is 39.6 Å². The monoisotopic (exact) mass is 469 g/mol. The minimum Gasteiger partial charge on any atom is -0.388 e. The maximum absolute atomic E-state index is 10.9. The number of rotatable bonds is 7. The fourth-order valence-corrected chi connectivity index (χ4v) is 4.27. The van der Waals surface area contributed by atoms with Gasteiger partial charge in [-0.1, -0.05) is 0 Å². The molecule has 178 valence electrons. The number of aryl methyl sites for hydroxylation is 1. The first-order valence-corrected chi connectivity index (χ1v) is 11.2. The molecule has 0 bridgehead atoms. The van der Waals surface area contributed by atoms with Gasteiger partial charge in [0, 0.05) is 60.1 Å². The lowest BCUT2D eigenvalue weighted by Gasteiger charge is -2.26. The van der Waals surface area contributed by atoms with Gasteiger partial charge in [0.1, 0.15) is 5.65 Å². The maximum atomic E-state index is 10.9. The van der Waals surface area contributed by atoms with E-state index >= 15 is 0 Å². The number of fused-ring (bicyclic) bond motifs is 1. The van der Waals surface area contributed by atoms with Crippen molar-refractivity contribution >= 4 is 17.0 Å². The van der Waals surface area contributed by atoms with E-state index in [1.165, 1.54) is 0 Å². The van der Waals surface area contributed by atoms with Gasteiger partial charge in [-0.05, 0) is 50.3 Å². The van der Waals surface area contributed by atoms with E-state index in [0.29, 0.717) is 12.1 Å². The number of aromatic amines is 1. The number of hydrogen-bond acceptors (Lipinski definition) is 8. The van der Waals surface area contributed by atoms with Crippen molar-refractivity contribution in [2.75, 3.05) is 19.8 Å². The number of nitrogens with zero attached hydrogens (tertiary/aromatic N) is 7. The average Bonchev–Trinajstić information content (AvgIpc) is 3.48. The van der Waals surface area contributed by atoms with Crippen molar-refractivity contribution in [2.45, 2.75) is 18.6 Å². The van der Waals surface area contributed by atoms with E-state index in [4.69, 9.17) is 5.73 Å². The van der Waals surface area contributed by atoms with Gasteiger partial charge in [-0.25, -0.2) is 15.0 Å². The minimum atomic E-state index is -0.677. The molecule has 0 saturated heterocycles. The Labute approximate surface area is 202 Å². The molecule has 2 unspecified atom stereocenters. The Morgan fingerprint density at radius 3 is 2.63 bits per heavy atom. The van der Waals surface area contributed by atoms with Crippen LogP contribution in [0.5, 0.6) is 0 Å². The first-order valence-electron chi connectivity index (χ1n) is 11.2. The number of hydrogen-bond donors (Lipinski definition) is 3. The Morgan fingerprint density at radius 1 is 1.11 bits per heavy atom. The van der Waals surface area contributed by atoms with E-state index in [-0.39, 0.29) is 12.0 Å². The SMILES string of the molecule is CN(C)C(CC(O)c1ccncc1)c1cc(-c2c[nH]c3ncc(-c4cnn(C)c4)cc23)nc(N)n1. The molecule has 0 saturated carbocycles. The van der Waals surface area contributed by atoms with Crippen LogP contribution in [0.1, 0.15) is 29.8 Å². The summed E-state index contributed by atoms with van der Waals surface area (Å²) in [4.78, 5) is 22.9. The molecule has 5 aromatic rings. The van der Waals surface area contributed by atoms with Crippen LogP contribution in [0.3, 0.4) is 0 Å². The van der Waals surface area contributed by atoms with Gasteiger partial charge in [-0.3, -0.25) is 9.67 Å². The molecular weight excluding hydrogens is 442 g/mol. The van der Waals surface area contributed by atoms with Gasteiger partial charge in [0.2, 0.25) is 5.95 Å². The summed E-state index contributed by atoms with van der Waals surface area (Å²) in [6.45, 7) is 0. The Bertz CT molecular complexity index is 1460. The topological polar surface area (TPSA) is 135 Å². The maximum Gasteiger partial charge on any atom is 0.220 e. The second kappa shape index (κ2) is 9.24. The second-order valence-corrected chi connectivity index (χ2v) is 8.77. The number of aliphatic hydroxyl groups excluding tert-OH is 1. The molecule has 5 rings (SSSR count). The molecule has 35 heavy (non-hydrogen) atoms. The highest BCUT2D eigenvalue weighted by molar-refractivity contribution is 5.95. The lowest BCUT2D eigenvalue weighted by Crippen LogP contribution is -2.24. The van der Waals surface area contributed by atoms with Crippen LogP contribution in [-0.4, -0.2) is 58.8 Å². The largest absolute Gasteiger partial charge is 0.388 e. The van der Waals surface area contributed by atoms with Crippen LogP contribution in [0, 0.1) is 0 Å². The highest BCUT2D eigenvalue weighted by Crippen LogP contribution is 2.34. The third-order valence-electron chi connectivity index (χ3n) is 6.11. The molecule has 2 atom stereocenters. The highest BCUT2D eigenvalue weighted by Gasteiger charge is 2.23. The molecule has 0 fully saturated rings. The number of aliphatic hydroxyl groups is 1. The van der Waals surface area contributed by atoms with Crippen molar-refractivity contribution in [3.8, 4) is 22.4 Å². The lowest BCUT2D eigenvalue weighted by molar-refractivity contribution is 0.123. The normalized spacial score (nSPS) is 13.4. The van der Waals surface area contributed by atoms with Crippen LogP contribution in [0.2, 0.25) is 0 Å². The van der Waals surface area contributed by atoms with Crippen LogP contribution < -0.4 is 5.73 Å². The number of anilines is 1. The molecule has 0 aromatic carbocycles. The predicted molar refractivity (Wildman–Crippen MR) is 134 cm³/mol. The van der Waals surface area contributed by atoms with Crippen LogP contribution in [0.15, 0.2) is 61.4 Å². The van der Waals surface area contributed by atoms with Gasteiger partial charge >= 0.3 is 0 Å². The van der Waals surface area contributed by atoms with Gasteiger partial charge in [-0.15, -0.1) is 0 Å². The summed E-state index contributed by atoms with van der Waals surface area (Å²) in [5.74, 6) is 0.175. The number of nitrogen functional groups attached to an aromatic ring is 1. The zero-order valence-corrected chi connectivity index (χ0v) is 19.8. The van der Waals surface area contributed by atoms with Gasteiger partial charge in [0.05, 0.1) is 29.7 Å². The molecule has 5 aromatic heterocycles. The first-order chi connectivity index (χ1) is 16.9. The number of pyridine rings is 2. The molecule has 10 heteroatoms. The van der Waals surface area contributed by atoms with Crippen molar-refractivity contribution in [3.05, 3.63) is 72.7 Å². The van der Waals surface area contributed by atoms with E-state index < -0.39 is 6.10 Å². The van der Waals surface area contributed by atoms with Crippen LogP contribution in [0.25, 0.3) is 33.4 Å². The third-order valence-corrected chi connectivity index (χ3v) is 6.11. The molecule has 0 aliphatic rings. The Hall–Kier alpha value is -4.15. The molecular formula is C25H27N9O. The minimum absolute atomic E-state index is 0.175. The second-order valence-electron chi connectivity index (χ2n) is 8.77. The fraction of sp³-hybridized carbons (Fsp3) is 0.240. The Balaban J connectivity index is 1.53. The highest BCUT2D eigenvalue weighted by atomic mass is 16.3. The number of H-pyrrole nitrogens is 1. The number of nitrogens with one attached hydrogen (secondary N) is 1. The molecule has 0 aliphatic carbocycles. The van der Waals surface area contributed by atoms with Crippen molar-refractivity contribution in [1.29, 1.82) is 0 Å². The summed E-state index contributed by atoms with van der Waals surface area (Å²) in [7, 11) is 5.80. The van der Waals surface area contributed by atoms with E-state index in [2.05, 4.69) is 36.1 Å². The average molecular weight is 470 g/mol. The smallest absolute Gasteiger partial charge is 0.220 e. The van der Waals surface area contributed by atoms with Crippen LogP contribution in [0.4, 0.5) is 5.95 Å². The zero-order valence-electron chi connectivity index (χ0n) is 19.8. The van der Waals surface area contributed by atoms with Gasteiger partial charge < -0.3 is 20.7 Å². The number of nitrogens with two attached hydrogens (primary N) is 1. The summed E-state index contributed by atoms with van der Waals surface area (Å²) in [6, 6.07) is 7.45. The quantitative estimate of drug-likeness (QED) is 0.331. The van der Waals surface area contributed by atoms with Gasteiger partial charge in [0.15, 0.2) is 0 Å². The summed E-state index contributed by atoms with van der Waals surface area (Å²) in [5, 5.41) is 16.0. The summed E-state index contributed by atoms with van der Waals surface area (Å²) in [5.41, 5.74) is 12.0. The molecule has 4 N–H and O–H groups in total. The van der Waals surface area contributed by atoms with E-state index in [0.717, 1.165) is 39.0 Å². The van der Waals surface area contributed by atoms with Crippen molar-refractivity contribution in [2.24, 2.45) is 7.05 Å². The standard InChI is InChI=1S/C25H27N9O/c1-33(2)22(10-23(35)15-4-6-27-7-5-15)21-9-20(31-25(26)32-21)19-13-29-24-18(19)8-16(11-28-24)17-12-30-34(3)14-17/h4-9,11-14,22-23,35H,10H2,1-3H3,(H,28,29)(H2,26,31,32). The molecule has 0 spiro atoms. The zero-order chi connectivity index (χ0) is 24.5. The summed E-state index contributed by atoms with van der Waals surface area (Å²) < 4.78 is 1.76. The van der Waals surface area contributed by atoms with Crippen LogP contribution >= 0.6 is 0 Å². The van der Waals surface area contributed by atoms with E-state index in [1.54, 1.807) is 17.1 Å². The van der Waals surface area contributed by atoms with Crippen LogP contribution in [-0.2, 0) is 7.05 Å². The Kier molecular flexibility index (Phi) is 5.98. The summed E-state index contributed by atoms with van der Waals surface area (Å²) >= 11 is 0. The lowest BCUT2D eigenvalue weighted by atomic mass is 9.98. The van der Waals surface area contributed by atoms with E-state index in [1.807, 2.05) is 69.0 Å². The first kappa shape index (κ1) is 22.6. The number of aromatic nitrogens is 7. The molecule has 0 aliphatic heterocycles. The van der Waals surface area contributed by atoms with E-state index in [9.17, 15) is 5.11 Å². The molecule has 0 radical (unpaired) electrons.